The van der Waals surface area contributed by atoms with Crippen LogP contribution in [0.2, 0.25) is 21.8 Å². The second-order valence-electron chi connectivity index (χ2n) is 20.1. The minimum absolute atomic E-state index is 0.0372. The van der Waals surface area contributed by atoms with Crippen LogP contribution in [0.4, 0.5) is 23.8 Å². The Bertz CT molecular complexity index is 2610. The molecule has 4 aliphatic heterocycles. The van der Waals surface area contributed by atoms with Crippen LogP contribution < -0.4 is 14.4 Å². The number of ether oxygens (including phenoxy) is 4. The van der Waals surface area contributed by atoms with Gasteiger partial charge in [-0.05, 0) is 93.2 Å². The molecule has 0 aliphatic carbocycles. The van der Waals surface area contributed by atoms with Gasteiger partial charge in [-0.2, -0.15) is 9.97 Å². The summed E-state index contributed by atoms with van der Waals surface area (Å²) < 4.78 is 91.4. The molecule has 16 heteroatoms. The quantitative estimate of drug-likeness (QED) is 0.0625. The fourth-order valence-electron chi connectivity index (χ4n) is 11.2. The van der Waals surface area contributed by atoms with E-state index in [-0.39, 0.29) is 111 Å². The molecule has 4 saturated heterocycles. The van der Waals surface area contributed by atoms with Gasteiger partial charge >= 0.3 is 12.1 Å². The number of piperazine rings is 1. The number of nitrogens with zero attached hydrogens (tertiary/aromatic N) is 6. The lowest BCUT2D eigenvalue weighted by Crippen LogP contribution is -2.57. The largest absolute Gasteiger partial charge is 0.468 e. The van der Waals surface area contributed by atoms with Crippen molar-refractivity contribution in [2.45, 2.75) is 140 Å². The van der Waals surface area contributed by atoms with Crippen LogP contribution in [0, 0.1) is 23.1 Å². The number of aromatic nitrogens is 3. The molecular weight excluding hydrogens is 873 g/mol. The van der Waals surface area contributed by atoms with Crippen molar-refractivity contribution >= 4 is 53.3 Å². The smallest absolute Gasteiger partial charge is 0.410 e. The Hall–Kier alpha value is -4.36. The number of hydrogen-bond donors (Lipinski definition) is 0. The average Bonchev–Trinajstić information content (AvgIpc) is 3.88. The Labute approximate surface area is 389 Å². The maximum Gasteiger partial charge on any atom is 0.410 e. The topological polar surface area (TPSA) is 102 Å². The van der Waals surface area contributed by atoms with Crippen LogP contribution in [0.1, 0.15) is 103 Å². The Balaban J connectivity index is 1.34. The summed E-state index contributed by atoms with van der Waals surface area (Å²) in [6.45, 7) is 16.9. The minimum atomic E-state index is -2.51. The Morgan fingerprint density at radius 1 is 1.00 bits per heavy atom. The van der Waals surface area contributed by atoms with Gasteiger partial charge in [-0.25, -0.2) is 22.9 Å². The zero-order valence-corrected chi connectivity index (χ0v) is 40.8. The first-order chi connectivity index (χ1) is 31.5. The van der Waals surface area contributed by atoms with Gasteiger partial charge in [0.1, 0.15) is 60.2 Å². The second-order valence-corrected chi connectivity index (χ2v) is 26.0. The minimum Gasteiger partial charge on any atom is -0.468 e. The van der Waals surface area contributed by atoms with E-state index in [2.05, 4.69) is 58.0 Å². The Morgan fingerprint density at radius 2 is 1.69 bits per heavy atom. The molecule has 0 spiro atoms. The van der Waals surface area contributed by atoms with Gasteiger partial charge in [0, 0.05) is 44.1 Å². The zero-order chi connectivity index (χ0) is 48.5. The molecule has 0 saturated carbocycles. The molecule has 0 N–H and O–H groups in total. The van der Waals surface area contributed by atoms with Crippen LogP contribution >= 0.6 is 11.6 Å². The van der Waals surface area contributed by atoms with E-state index >= 15 is 13.2 Å². The van der Waals surface area contributed by atoms with Crippen molar-refractivity contribution in [1.29, 1.82) is 0 Å². The number of alkyl halides is 1. The molecule has 2 aromatic carbocycles. The Morgan fingerprint density at radius 3 is 2.34 bits per heavy atom. The maximum atomic E-state index is 18.1. The highest BCUT2D eigenvalue weighted by Crippen LogP contribution is 2.45. The number of pyridine rings is 1. The third-order valence-electron chi connectivity index (χ3n) is 13.9. The third-order valence-corrected chi connectivity index (χ3v) is 20.5. The van der Waals surface area contributed by atoms with Gasteiger partial charge < -0.3 is 23.8 Å². The summed E-state index contributed by atoms with van der Waals surface area (Å²) >= 11 is 7.22. The van der Waals surface area contributed by atoms with E-state index in [1.54, 1.807) is 28.0 Å². The van der Waals surface area contributed by atoms with Crippen molar-refractivity contribution < 1.29 is 39.7 Å². The number of benzene rings is 2. The molecule has 2 unspecified atom stereocenters. The van der Waals surface area contributed by atoms with Crippen LogP contribution in [-0.2, 0) is 9.47 Å². The predicted octanol–water partition coefficient (Wildman–Crippen LogP) is 10.9. The van der Waals surface area contributed by atoms with Crippen molar-refractivity contribution in [3.63, 3.8) is 0 Å². The summed E-state index contributed by atoms with van der Waals surface area (Å²) in [7, 11) is -0.928. The molecule has 11 nitrogen and oxygen atoms in total. The van der Waals surface area contributed by atoms with Gasteiger partial charge in [-0.3, -0.25) is 9.80 Å². The highest BCUT2D eigenvalue weighted by Gasteiger charge is 2.50. The third kappa shape index (κ3) is 8.73. The second kappa shape index (κ2) is 18.0. The normalized spacial score (nSPS) is 23.1. The highest BCUT2D eigenvalue weighted by atomic mass is 35.5. The van der Waals surface area contributed by atoms with E-state index in [0.29, 0.717) is 37.6 Å². The highest BCUT2D eigenvalue weighted by molar-refractivity contribution is 6.90. The number of carbonyl (C=O) groups is 1. The van der Waals surface area contributed by atoms with Crippen molar-refractivity contribution in [3.8, 4) is 34.5 Å². The van der Waals surface area contributed by atoms with E-state index in [4.69, 9.17) is 40.5 Å². The summed E-state index contributed by atoms with van der Waals surface area (Å²) in [6.07, 6.45) is 0.561. The van der Waals surface area contributed by atoms with E-state index in [9.17, 15) is 7.54 Å². The van der Waals surface area contributed by atoms with Gasteiger partial charge in [-0.15, -0.1) is 5.54 Å². The number of halogens is 4. The number of hydrogen-bond acceptors (Lipinski definition) is 10. The summed E-state index contributed by atoms with van der Waals surface area (Å²) in [5.41, 5.74) is 1.96. The number of rotatable bonds is 11. The number of methoxy groups -OCH3 is 1. The van der Waals surface area contributed by atoms with Crippen LogP contribution in [0.15, 0.2) is 24.3 Å². The van der Waals surface area contributed by atoms with Crippen molar-refractivity contribution in [2.24, 2.45) is 0 Å². The molecule has 65 heavy (non-hydrogen) atoms. The average molecular weight is 938 g/mol. The lowest BCUT2D eigenvalue weighted by molar-refractivity contribution is 0.0122. The molecule has 4 atom stereocenters. The van der Waals surface area contributed by atoms with Crippen molar-refractivity contribution in [1.82, 2.24) is 24.8 Å². The standard InChI is InChI=1S/C49H62ClF3N6O5Si/c1-28(2)65(29(3)4,30(5)6)19-16-36-38(52)15-12-31-20-35(63-27-61-10)21-37(39(31)36)42-41(53)43-40(44(50)54-42)45(56-46(55-43)62-26-49-17-11-18-58(49)23-32(51)22-49)57-24-33-13-14-34(25-57)59(33)47(60)64-48(7,8)9/h12,15,20-21,28-30,32-34H,11,13-14,17-18,22-27H2,1-10H3/t32-,33?,34?,49+/m1/s1/i26D2. The lowest BCUT2D eigenvalue weighted by atomic mass is 9.95. The fraction of sp³-hybridized carbons (Fsp3) is 0.592. The van der Waals surface area contributed by atoms with E-state index in [1.165, 1.54) is 13.2 Å². The van der Waals surface area contributed by atoms with Gasteiger partial charge in [0.05, 0.1) is 31.3 Å². The first-order valence-electron chi connectivity index (χ1n) is 23.8. The van der Waals surface area contributed by atoms with Gasteiger partial charge in [0.15, 0.2) is 12.6 Å². The van der Waals surface area contributed by atoms with Gasteiger partial charge in [0.25, 0.3) is 0 Å². The van der Waals surface area contributed by atoms with Gasteiger partial charge in [-0.1, -0.05) is 65.1 Å². The maximum absolute atomic E-state index is 18.1. The molecule has 4 aromatic rings. The molecule has 6 heterocycles. The van der Waals surface area contributed by atoms with Crippen LogP contribution in [0.25, 0.3) is 32.9 Å². The molecule has 4 fully saturated rings. The number of anilines is 1. The van der Waals surface area contributed by atoms with Crippen molar-refractivity contribution in [2.75, 3.05) is 51.5 Å². The monoisotopic (exact) mass is 936 g/mol. The van der Waals surface area contributed by atoms with E-state index < -0.39 is 55.7 Å². The van der Waals surface area contributed by atoms with Crippen LogP contribution in [0.5, 0.6) is 11.8 Å². The zero-order valence-electron chi connectivity index (χ0n) is 41.1. The summed E-state index contributed by atoms with van der Waals surface area (Å²) in [4.78, 5) is 33.0. The molecule has 4 aliphatic rings. The van der Waals surface area contributed by atoms with E-state index in [1.807, 2.05) is 25.7 Å². The summed E-state index contributed by atoms with van der Waals surface area (Å²) in [5, 5.41) is 0.646. The fourth-order valence-corrected chi connectivity index (χ4v) is 16.6. The molecule has 2 aromatic heterocycles. The summed E-state index contributed by atoms with van der Waals surface area (Å²) in [5.74, 6) is 2.14. The first-order valence-corrected chi connectivity index (χ1v) is 25.5. The molecule has 2 bridgehead atoms. The number of fused-ring (bicyclic) bond motifs is 5. The molecule has 1 amide bonds. The predicted molar refractivity (Wildman–Crippen MR) is 251 cm³/mol. The van der Waals surface area contributed by atoms with E-state index in [0.717, 1.165) is 0 Å². The molecule has 8 rings (SSSR count). The molecule has 0 radical (unpaired) electrons. The molecule has 350 valence electrons. The lowest BCUT2D eigenvalue weighted by Gasteiger charge is -2.42. The summed E-state index contributed by atoms with van der Waals surface area (Å²) in [6, 6.07) is 5.09. The van der Waals surface area contributed by atoms with Crippen molar-refractivity contribution in [3.05, 3.63) is 46.6 Å². The number of carbonyl (C=O) groups excluding carboxylic acids is 1. The SMILES string of the molecule is [2H]C([2H])(Oc1nc(N2CC3CCC(C2)N3C(=O)OC(C)(C)C)c2c(Cl)nc(-c3cc(OCOC)cc4ccc(F)c(C#C[Si](C(C)C)(C(C)C)C(C)C)c34)c(F)c2n1)[C@@]12CCCN1C[C@H](F)C2. The Kier molecular flexibility index (Phi) is 12.3. The van der Waals surface area contributed by atoms with Crippen LogP contribution in [-0.4, -0.2) is 115 Å². The molecular formula is C49H62ClF3N6O5Si. The number of amides is 1. The first kappa shape index (κ1) is 44.5. The van der Waals surface area contributed by atoms with Gasteiger partial charge in [0.2, 0.25) is 0 Å². The van der Waals surface area contributed by atoms with Crippen LogP contribution in [0.3, 0.4) is 0 Å².